The van der Waals surface area contributed by atoms with Gasteiger partial charge >= 0.3 is 0 Å². The molecule has 0 aromatic heterocycles. The first-order chi connectivity index (χ1) is 6.07. The van der Waals surface area contributed by atoms with E-state index in [1.54, 1.807) is 0 Å². The predicted octanol–water partition coefficient (Wildman–Crippen LogP) is 1.66. The zero-order chi connectivity index (χ0) is 9.47. The monoisotopic (exact) mass is 177 g/mol. The van der Waals surface area contributed by atoms with Crippen LogP contribution in [0.25, 0.3) is 0 Å². The van der Waals surface area contributed by atoms with Crippen molar-refractivity contribution >= 4 is 6.21 Å². The maximum atomic E-state index is 4.31. The summed E-state index contributed by atoms with van der Waals surface area (Å²) in [4.78, 5) is 6.39. The van der Waals surface area contributed by atoms with Crippen molar-refractivity contribution < 1.29 is 0 Å². The largest absolute Gasteiger partial charge is 0.348 e. The number of allylic oxidation sites excluding steroid dienone is 2. The molecule has 0 spiro atoms. The topological polar surface area (TPSA) is 27.6 Å². The van der Waals surface area contributed by atoms with Gasteiger partial charge in [0.1, 0.15) is 0 Å². The Hall–Kier alpha value is -1.25. The van der Waals surface area contributed by atoms with Gasteiger partial charge in [-0.15, -0.1) is 0 Å². The molecule has 1 atom stereocenters. The van der Waals surface area contributed by atoms with E-state index in [4.69, 9.17) is 0 Å². The van der Waals surface area contributed by atoms with Gasteiger partial charge in [-0.05, 0) is 6.08 Å². The SMILES string of the molecule is CC(C)(C)C1=CN2C=CC=NC2N1. The summed E-state index contributed by atoms with van der Waals surface area (Å²) in [5, 5.41) is 3.37. The van der Waals surface area contributed by atoms with E-state index in [0.717, 1.165) is 0 Å². The van der Waals surface area contributed by atoms with Crippen LogP contribution in [0.2, 0.25) is 0 Å². The van der Waals surface area contributed by atoms with Gasteiger partial charge in [-0.3, -0.25) is 0 Å². The average Bonchev–Trinajstić information content (AvgIpc) is 2.45. The zero-order valence-electron chi connectivity index (χ0n) is 8.28. The Morgan fingerprint density at radius 2 is 2.23 bits per heavy atom. The minimum absolute atomic E-state index is 0.0826. The Morgan fingerprint density at radius 1 is 1.46 bits per heavy atom. The van der Waals surface area contributed by atoms with E-state index in [1.165, 1.54) is 5.70 Å². The summed E-state index contributed by atoms with van der Waals surface area (Å²) < 4.78 is 0. The van der Waals surface area contributed by atoms with Crippen molar-refractivity contribution in [2.24, 2.45) is 10.4 Å². The Balaban J connectivity index is 2.20. The molecule has 0 fully saturated rings. The fourth-order valence-corrected chi connectivity index (χ4v) is 1.39. The van der Waals surface area contributed by atoms with Crippen molar-refractivity contribution in [1.29, 1.82) is 0 Å². The first-order valence-corrected chi connectivity index (χ1v) is 4.54. The molecular weight excluding hydrogens is 162 g/mol. The predicted molar refractivity (Wildman–Crippen MR) is 53.9 cm³/mol. The average molecular weight is 177 g/mol. The van der Waals surface area contributed by atoms with Crippen LogP contribution in [-0.4, -0.2) is 17.4 Å². The standard InChI is InChI=1S/C10H15N3/c1-10(2,3)8-7-13-6-4-5-11-9(13)12-8/h4-7,9,12H,1-3H3. The second kappa shape index (κ2) is 2.62. The molecule has 0 saturated carbocycles. The first-order valence-electron chi connectivity index (χ1n) is 4.54. The quantitative estimate of drug-likeness (QED) is 0.609. The molecule has 0 radical (unpaired) electrons. The maximum Gasteiger partial charge on any atom is 0.199 e. The summed E-state index contributed by atoms with van der Waals surface area (Å²) in [6, 6.07) is 0. The van der Waals surface area contributed by atoms with E-state index in [1.807, 2.05) is 18.5 Å². The molecule has 3 heteroatoms. The second-order valence-corrected chi connectivity index (χ2v) is 4.40. The van der Waals surface area contributed by atoms with Crippen LogP contribution >= 0.6 is 0 Å². The van der Waals surface area contributed by atoms with Gasteiger partial charge in [-0.25, -0.2) is 4.99 Å². The smallest absolute Gasteiger partial charge is 0.199 e. The van der Waals surface area contributed by atoms with Crippen molar-refractivity contribution in [3.05, 3.63) is 24.2 Å². The minimum Gasteiger partial charge on any atom is -0.348 e. The molecule has 70 valence electrons. The van der Waals surface area contributed by atoms with Crippen molar-refractivity contribution in [3.8, 4) is 0 Å². The molecule has 1 N–H and O–H groups in total. The molecule has 2 aliphatic rings. The van der Waals surface area contributed by atoms with Crippen LogP contribution in [0.15, 0.2) is 29.2 Å². The van der Waals surface area contributed by atoms with Crippen molar-refractivity contribution in [1.82, 2.24) is 10.2 Å². The van der Waals surface area contributed by atoms with Crippen LogP contribution in [0.5, 0.6) is 0 Å². The van der Waals surface area contributed by atoms with Gasteiger partial charge in [-0.1, -0.05) is 20.8 Å². The van der Waals surface area contributed by atoms with Gasteiger partial charge in [0.15, 0.2) is 6.29 Å². The molecule has 3 nitrogen and oxygen atoms in total. The summed E-state index contributed by atoms with van der Waals surface area (Å²) in [6.45, 7) is 6.58. The zero-order valence-corrected chi connectivity index (χ0v) is 8.28. The number of hydrogen-bond acceptors (Lipinski definition) is 3. The molecular formula is C10H15N3. The van der Waals surface area contributed by atoms with E-state index in [-0.39, 0.29) is 11.7 Å². The second-order valence-electron chi connectivity index (χ2n) is 4.40. The summed E-state index contributed by atoms with van der Waals surface area (Å²) in [5.41, 5.74) is 1.40. The van der Waals surface area contributed by atoms with Crippen LogP contribution in [0.1, 0.15) is 20.8 Å². The highest BCUT2D eigenvalue weighted by molar-refractivity contribution is 5.72. The number of nitrogens with one attached hydrogen (secondary N) is 1. The number of nitrogens with zero attached hydrogens (tertiary/aromatic N) is 2. The Morgan fingerprint density at radius 3 is 2.85 bits per heavy atom. The maximum absolute atomic E-state index is 4.31. The lowest BCUT2D eigenvalue weighted by Gasteiger charge is -2.22. The van der Waals surface area contributed by atoms with Crippen LogP contribution in [0.4, 0.5) is 0 Å². The number of rotatable bonds is 0. The molecule has 0 saturated heterocycles. The van der Waals surface area contributed by atoms with Crippen LogP contribution in [0, 0.1) is 5.41 Å². The van der Waals surface area contributed by atoms with Crippen molar-refractivity contribution in [2.75, 3.05) is 0 Å². The van der Waals surface area contributed by atoms with E-state index in [9.17, 15) is 0 Å². The van der Waals surface area contributed by atoms with Crippen LogP contribution < -0.4 is 5.32 Å². The summed E-state index contributed by atoms with van der Waals surface area (Å²) in [7, 11) is 0. The molecule has 0 bridgehead atoms. The lowest BCUT2D eigenvalue weighted by Crippen LogP contribution is -2.34. The van der Waals surface area contributed by atoms with Gasteiger partial charge in [0.25, 0.3) is 0 Å². The molecule has 13 heavy (non-hydrogen) atoms. The van der Waals surface area contributed by atoms with E-state index < -0.39 is 0 Å². The number of fused-ring (bicyclic) bond motifs is 1. The molecule has 0 aromatic rings. The molecule has 2 heterocycles. The summed E-state index contributed by atoms with van der Waals surface area (Å²) in [5.74, 6) is 0. The highest BCUT2D eigenvalue weighted by atomic mass is 15.4. The number of hydrogen-bond donors (Lipinski definition) is 1. The van der Waals surface area contributed by atoms with Gasteiger partial charge in [-0.2, -0.15) is 0 Å². The fraction of sp³-hybridized carbons (Fsp3) is 0.500. The van der Waals surface area contributed by atoms with Gasteiger partial charge in [0.2, 0.25) is 0 Å². The Kier molecular flexibility index (Phi) is 1.68. The Labute approximate surface area is 78.8 Å². The number of aliphatic imine (C=N–C) groups is 1. The fourth-order valence-electron chi connectivity index (χ4n) is 1.39. The van der Waals surface area contributed by atoms with Crippen LogP contribution in [-0.2, 0) is 0 Å². The van der Waals surface area contributed by atoms with Gasteiger partial charge in [0.05, 0.1) is 0 Å². The van der Waals surface area contributed by atoms with Crippen molar-refractivity contribution in [2.45, 2.75) is 27.1 Å². The molecule has 1 unspecified atom stereocenters. The highest BCUT2D eigenvalue weighted by Gasteiger charge is 2.28. The normalized spacial score (nSPS) is 25.6. The third kappa shape index (κ3) is 1.46. The van der Waals surface area contributed by atoms with E-state index >= 15 is 0 Å². The molecule has 0 aliphatic carbocycles. The molecule has 2 rings (SSSR count). The van der Waals surface area contributed by atoms with Crippen molar-refractivity contribution in [3.63, 3.8) is 0 Å². The minimum atomic E-state index is 0.0826. The van der Waals surface area contributed by atoms with Crippen LogP contribution in [0.3, 0.4) is 0 Å². The molecule has 0 amide bonds. The lowest BCUT2D eigenvalue weighted by atomic mass is 9.93. The third-order valence-electron chi connectivity index (χ3n) is 2.22. The summed E-state index contributed by atoms with van der Waals surface area (Å²) in [6.07, 6.45) is 8.01. The molecule has 2 aliphatic heterocycles. The third-order valence-corrected chi connectivity index (χ3v) is 2.22. The lowest BCUT2D eigenvalue weighted by molar-refractivity contribution is 0.360. The Bertz CT molecular complexity index is 294. The summed E-state index contributed by atoms with van der Waals surface area (Å²) >= 11 is 0. The highest BCUT2D eigenvalue weighted by Crippen LogP contribution is 2.28. The van der Waals surface area contributed by atoms with Gasteiger partial charge < -0.3 is 10.2 Å². The van der Waals surface area contributed by atoms with E-state index in [0.29, 0.717) is 0 Å². The van der Waals surface area contributed by atoms with E-state index in [2.05, 4.69) is 42.2 Å². The molecule has 0 aromatic carbocycles. The first kappa shape index (κ1) is 8.35. The van der Waals surface area contributed by atoms with Gasteiger partial charge in [0, 0.05) is 29.7 Å².